The molecule has 5 heteroatoms. The average Bonchev–Trinajstić information content (AvgIpc) is 2.47. The van der Waals surface area contributed by atoms with E-state index in [1.165, 1.54) is 19.5 Å². The van der Waals surface area contributed by atoms with Crippen LogP contribution in [0.5, 0.6) is 11.6 Å². The molecule has 104 valence electrons. The molecular weight excluding hydrogens is 256 g/mol. The van der Waals surface area contributed by atoms with Crippen LogP contribution in [-0.4, -0.2) is 29.0 Å². The number of carbonyl (C=O) groups excluding carboxylic acids is 1. The molecule has 0 aliphatic rings. The zero-order chi connectivity index (χ0) is 14.5. The second kappa shape index (κ2) is 6.14. The molecule has 2 rings (SSSR count). The lowest BCUT2D eigenvalue weighted by atomic mass is 10.1. The summed E-state index contributed by atoms with van der Waals surface area (Å²) in [4.78, 5) is 20.1. The maximum atomic E-state index is 12.3. The highest BCUT2D eigenvalue weighted by molar-refractivity contribution is 6.07. The fraction of sp³-hybridized carbons (Fsp3) is 0.267. The molecule has 0 bridgehead atoms. The average molecular weight is 272 g/mol. The highest BCUT2D eigenvalue weighted by Crippen LogP contribution is 2.17. The Labute approximate surface area is 117 Å². The summed E-state index contributed by atoms with van der Waals surface area (Å²) >= 11 is 0. The van der Waals surface area contributed by atoms with Crippen LogP contribution in [0.15, 0.2) is 36.7 Å². The van der Waals surface area contributed by atoms with Crippen LogP contribution in [0.25, 0.3) is 0 Å². The van der Waals surface area contributed by atoms with Crippen molar-refractivity contribution in [3.8, 4) is 11.6 Å². The van der Waals surface area contributed by atoms with E-state index in [4.69, 9.17) is 9.47 Å². The second-order valence-corrected chi connectivity index (χ2v) is 4.47. The Morgan fingerprint density at radius 3 is 2.45 bits per heavy atom. The van der Waals surface area contributed by atoms with Crippen LogP contribution in [0.2, 0.25) is 0 Å². The van der Waals surface area contributed by atoms with E-state index in [0.717, 1.165) is 5.75 Å². The summed E-state index contributed by atoms with van der Waals surface area (Å²) in [6, 6.07) is 8.49. The molecule has 0 amide bonds. The quantitative estimate of drug-likeness (QED) is 0.783. The van der Waals surface area contributed by atoms with Gasteiger partial charge in [-0.05, 0) is 38.1 Å². The second-order valence-electron chi connectivity index (χ2n) is 4.47. The van der Waals surface area contributed by atoms with E-state index in [0.29, 0.717) is 17.1 Å². The molecule has 0 unspecified atom stereocenters. The SMILES string of the molecule is COc1cc(C(=O)c2ccc(OC(C)C)cc2)ncn1. The third kappa shape index (κ3) is 3.32. The van der Waals surface area contributed by atoms with Crippen molar-refractivity contribution >= 4 is 5.78 Å². The Balaban J connectivity index is 2.20. The Kier molecular flexibility index (Phi) is 4.30. The number of ether oxygens (including phenoxy) is 2. The minimum absolute atomic E-state index is 0.0997. The monoisotopic (exact) mass is 272 g/mol. The van der Waals surface area contributed by atoms with Crippen LogP contribution in [0.1, 0.15) is 29.9 Å². The van der Waals surface area contributed by atoms with Gasteiger partial charge in [-0.1, -0.05) is 0 Å². The van der Waals surface area contributed by atoms with E-state index < -0.39 is 0 Å². The topological polar surface area (TPSA) is 61.3 Å². The number of hydrogen-bond donors (Lipinski definition) is 0. The van der Waals surface area contributed by atoms with Gasteiger partial charge in [0.2, 0.25) is 11.7 Å². The van der Waals surface area contributed by atoms with Crippen molar-refractivity contribution in [1.82, 2.24) is 9.97 Å². The molecule has 0 fully saturated rings. The van der Waals surface area contributed by atoms with Crippen molar-refractivity contribution < 1.29 is 14.3 Å². The minimum Gasteiger partial charge on any atom is -0.491 e. The van der Waals surface area contributed by atoms with Gasteiger partial charge in [-0.2, -0.15) is 0 Å². The lowest BCUT2D eigenvalue weighted by molar-refractivity contribution is 0.103. The van der Waals surface area contributed by atoms with E-state index in [-0.39, 0.29) is 11.9 Å². The highest BCUT2D eigenvalue weighted by atomic mass is 16.5. The first-order valence-electron chi connectivity index (χ1n) is 6.27. The van der Waals surface area contributed by atoms with Crippen LogP contribution in [0.3, 0.4) is 0 Å². The Hall–Kier alpha value is -2.43. The molecule has 0 aliphatic heterocycles. The lowest BCUT2D eigenvalue weighted by Crippen LogP contribution is -2.07. The van der Waals surface area contributed by atoms with Crippen LogP contribution in [0.4, 0.5) is 0 Å². The highest BCUT2D eigenvalue weighted by Gasteiger charge is 2.12. The predicted octanol–water partition coefficient (Wildman–Crippen LogP) is 2.50. The number of hydrogen-bond acceptors (Lipinski definition) is 5. The predicted molar refractivity (Wildman–Crippen MR) is 74.2 cm³/mol. The van der Waals surface area contributed by atoms with Gasteiger partial charge in [-0.3, -0.25) is 4.79 Å². The molecular formula is C15H16N2O3. The van der Waals surface area contributed by atoms with Gasteiger partial charge in [0, 0.05) is 11.6 Å². The first-order chi connectivity index (χ1) is 9.60. The van der Waals surface area contributed by atoms with E-state index in [9.17, 15) is 4.79 Å². The first kappa shape index (κ1) is 14.0. The van der Waals surface area contributed by atoms with Crippen LogP contribution in [0, 0.1) is 0 Å². The van der Waals surface area contributed by atoms with Crippen molar-refractivity contribution in [3.05, 3.63) is 47.9 Å². The van der Waals surface area contributed by atoms with Crippen molar-refractivity contribution in [2.24, 2.45) is 0 Å². The Morgan fingerprint density at radius 2 is 1.85 bits per heavy atom. The molecule has 20 heavy (non-hydrogen) atoms. The molecule has 0 saturated heterocycles. The largest absolute Gasteiger partial charge is 0.491 e. The molecule has 0 saturated carbocycles. The van der Waals surface area contributed by atoms with Crippen molar-refractivity contribution in [2.75, 3.05) is 7.11 Å². The molecule has 0 aliphatic carbocycles. The number of carbonyl (C=O) groups is 1. The number of methoxy groups -OCH3 is 1. The third-order valence-electron chi connectivity index (χ3n) is 2.57. The third-order valence-corrected chi connectivity index (χ3v) is 2.57. The number of rotatable bonds is 5. The number of nitrogens with zero attached hydrogens (tertiary/aromatic N) is 2. The van der Waals surface area contributed by atoms with Crippen molar-refractivity contribution in [1.29, 1.82) is 0 Å². The smallest absolute Gasteiger partial charge is 0.216 e. The number of benzene rings is 1. The standard InChI is InChI=1S/C15H16N2O3/c1-10(2)20-12-6-4-11(5-7-12)15(18)13-8-14(19-3)17-9-16-13/h4-10H,1-3H3. The molecule has 0 N–H and O–H groups in total. The Bertz CT molecular complexity index is 594. The fourth-order valence-corrected chi connectivity index (χ4v) is 1.68. The molecule has 0 atom stereocenters. The molecule has 2 aromatic rings. The minimum atomic E-state index is -0.179. The lowest BCUT2D eigenvalue weighted by Gasteiger charge is -2.09. The first-order valence-corrected chi connectivity index (χ1v) is 6.27. The van der Waals surface area contributed by atoms with E-state index >= 15 is 0 Å². The molecule has 0 radical (unpaired) electrons. The summed E-state index contributed by atoms with van der Waals surface area (Å²) in [7, 11) is 1.49. The van der Waals surface area contributed by atoms with Gasteiger partial charge in [0.25, 0.3) is 0 Å². The van der Waals surface area contributed by atoms with Gasteiger partial charge in [-0.15, -0.1) is 0 Å². The van der Waals surface area contributed by atoms with Crippen LogP contribution >= 0.6 is 0 Å². The summed E-state index contributed by atoms with van der Waals surface area (Å²) in [5, 5.41) is 0. The van der Waals surface area contributed by atoms with Gasteiger partial charge in [-0.25, -0.2) is 9.97 Å². The summed E-state index contributed by atoms with van der Waals surface area (Å²) in [5.41, 5.74) is 0.844. The van der Waals surface area contributed by atoms with Gasteiger partial charge in [0.05, 0.1) is 13.2 Å². The van der Waals surface area contributed by atoms with E-state index in [1.54, 1.807) is 24.3 Å². The van der Waals surface area contributed by atoms with Crippen LogP contribution < -0.4 is 9.47 Å². The van der Waals surface area contributed by atoms with Crippen LogP contribution in [-0.2, 0) is 0 Å². The Morgan fingerprint density at radius 1 is 1.15 bits per heavy atom. The zero-order valence-electron chi connectivity index (χ0n) is 11.7. The number of aromatic nitrogens is 2. The van der Waals surface area contributed by atoms with Gasteiger partial charge >= 0.3 is 0 Å². The van der Waals surface area contributed by atoms with Gasteiger partial charge in [0.1, 0.15) is 17.8 Å². The van der Waals surface area contributed by atoms with Gasteiger partial charge < -0.3 is 9.47 Å². The van der Waals surface area contributed by atoms with Crippen molar-refractivity contribution in [2.45, 2.75) is 20.0 Å². The molecule has 5 nitrogen and oxygen atoms in total. The van der Waals surface area contributed by atoms with Gasteiger partial charge in [0.15, 0.2) is 0 Å². The van der Waals surface area contributed by atoms with Crippen molar-refractivity contribution in [3.63, 3.8) is 0 Å². The normalized spacial score (nSPS) is 10.4. The number of ketones is 1. The van der Waals surface area contributed by atoms with E-state index in [1.807, 2.05) is 13.8 Å². The summed E-state index contributed by atoms with van der Waals surface area (Å²) in [6.45, 7) is 3.90. The maximum Gasteiger partial charge on any atom is 0.216 e. The molecule has 1 aromatic heterocycles. The molecule has 1 heterocycles. The molecule has 0 spiro atoms. The summed E-state index contributed by atoms with van der Waals surface area (Å²) in [6.07, 6.45) is 1.41. The zero-order valence-corrected chi connectivity index (χ0v) is 11.7. The maximum absolute atomic E-state index is 12.3. The van der Waals surface area contributed by atoms with E-state index in [2.05, 4.69) is 9.97 Å². The molecule has 1 aromatic carbocycles. The fourth-order valence-electron chi connectivity index (χ4n) is 1.68. The summed E-state index contributed by atoms with van der Waals surface area (Å²) in [5.74, 6) is 0.918. The summed E-state index contributed by atoms with van der Waals surface area (Å²) < 4.78 is 10.5.